The van der Waals surface area contributed by atoms with Gasteiger partial charge in [-0.2, -0.15) is 0 Å². The maximum absolute atomic E-state index is 13.9. The smallest absolute Gasteiger partial charge is 0.290 e. The first-order valence-electron chi connectivity index (χ1n) is 9.94. The first kappa shape index (κ1) is 20.3. The van der Waals surface area contributed by atoms with Crippen LogP contribution in [0.25, 0.3) is 0 Å². The fraction of sp³-hybridized carbons (Fsp3) is 0.364. The molecule has 1 fully saturated rings. The predicted molar refractivity (Wildman–Crippen MR) is 105 cm³/mol. The summed E-state index contributed by atoms with van der Waals surface area (Å²) < 4.78 is 24.5. The van der Waals surface area contributed by atoms with Gasteiger partial charge in [0, 0.05) is 26.2 Å². The van der Waals surface area contributed by atoms with Gasteiger partial charge < -0.3 is 19.2 Å². The number of halogens is 1. The van der Waals surface area contributed by atoms with Gasteiger partial charge in [0.15, 0.2) is 11.5 Å². The molecule has 0 aliphatic carbocycles. The lowest BCUT2D eigenvalue weighted by Crippen LogP contribution is -2.39. The van der Waals surface area contributed by atoms with Crippen LogP contribution >= 0.6 is 0 Å². The number of rotatable bonds is 7. The summed E-state index contributed by atoms with van der Waals surface area (Å²) in [6.07, 6.45) is 1.99. The van der Waals surface area contributed by atoms with E-state index in [0.29, 0.717) is 31.7 Å². The lowest BCUT2D eigenvalue weighted by molar-refractivity contribution is -0.129. The normalized spacial score (nSPS) is 20.2. The maximum Gasteiger partial charge on any atom is 0.290 e. The van der Waals surface area contributed by atoms with Gasteiger partial charge in [-0.3, -0.25) is 14.5 Å². The Morgan fingerprint density at radius 3 is 2.67 bits per heavy atom. The van der Waals surface area contributed by atoms with Crippen LogP contribution in [0.1, 0.15) is 28.6 Å². The van der Waals surface area contributed by atoms with Gasteiger partial charge in [0.05, 0.1) is 31.1 Å². The first-order valence-corrected chi connectivity index (χ1v) is 9.94. The number of furan rings is 1. The summed E-state index contributed by atoms with van der Waals surface area (Å²) in [6.45, 7) is 4.08. The van der Waals surface area contributed by atoms with E-state index in [1.165, 1.54) is 35.4 Å². The molecule has 0 bridgehead atoms. The van der Waals surface area contributed by atoms with Gasteiger partial charge in [-0.1, -0.05) is 12.1 Å². The molecule has 158 valence electrons. The summed E-state index contributed by atoms with van der Waals surface area (Å²) in [5, 5.41) is 10.6. The van der Waals surface area contributed by atoms with Crippen LogP contribution in [0.3, 0.4) is 0 Å². The number of aliphatic hydroxyl groups is 1. The van der Waals surface area contributed by atoms with E-state index in [-0.39, 0.29) is 11.3 Å². The molecule has 0 saturated carbocycles. The van der Waals surface area contributed by atoms with Crippen LogP contribution < -0.4 is 0 Å². The molecule has 7 nitrogen and oxygen atoms in total. The molecule has 2 aliphatic heterocycles. The van der Waals surface area contributed by atoms with Crippen molar-refractivity contribution in [2.45, 2.75) is 12.5 Å². The number of hydrogen-bond donors (Lipinski definition) is 1. The lowest BCUT2D eigenvalue weighted by atomic mass is 9.95. The fourth-order valence-corrected chi connectivity index (χ4v) is 3.97. The molecule has 1 saturated heterocycles. The molecule has 1 N–H and O–H groups in total. The lowest BCUT2D eigenvalue weighted by Gasteiger charge is -2.30. The Morgan fingerprint density at radius 2 is 1.97 bits per heavy atom. The number of ether oxygens (including phenoxy) is 1. The van der Waals surface area contributed by atoms with Gasteiger partial charge >= 0.3 is 0 Å². The molecule has 0 spiro atoms. The van der Waals surface area contributed by atoms with Crippen LogP contribution in [0.2, 0.25) is 0 Å². The number of carbonyl (C=O) groups is 2. The van der Waals surface area contributed by atoms with Crippen LogP contribution in [-0.2, 0) is 9.53 Å². The molecule has 30 heavy (non-hydrogen) atoms. The third-order valence-corrected chi connectivity index (χ3v) is 5.43. The summed E-state index contributed by atoms with van der Waals surface area (Å²) in [5.74, 6) is -2.31. The number of carbonyl (C=O) groups excluding carboxylic acids is 2. The highest BCUT2D eigenvalue weighted by Crippen LogP contribution is 2.39. The minimum atomic E-state index is -0.879. The Bertz CT molecular complexity index is 950. The van der Waals surface area contributed by atoms with Crippen molar-refractivity contribution < 1.29 is 28.2 Å². The Balaban J connectivity index is 1.60. The molecule has 0 unspecified atom stereocenters. The maximum atomic E-state index is 13.9. The van der Waals surface area contributed by atoms with Gasteiger partial charge in [-0.15, -0.1) is 0 Å². The van der Waals surface area contributed by atoms with Crippen LogP contribution in [0, 0.1) is 5.82 Å². The zero-order chi connectivity index (χ0) is 21.1. The molecule has 2 aromatic rings. The zero-order valence-corrected chi connectivity index (χ0v) is 16.4. The van der Waals surface area contributed by atoms with Crippen LogP contribution in [-0.4, -0.2) is 66.0 Å². The van der Waals surface area contributed by atoms with E-state index < -0.39 is 29.3 Å². The topological polar surface area (TPSA) is 83.2 Å². The average Bonchev–Trinajstić information content (AvgIpc) is 3.37. The molecular formula is C22H23FN2O5. The Hall–Kier alpha value is -2.97. The van der Waals surface area contributed by atoms with E-state index >= 15 is 0 Å². The van der Waals surface area contributed by atoms with Crippen molar-refractivity contribution in [1.82, 2.24) is 9.80 Å². The fourth-order valence-electron chi connectivity index (χ4n) is 3.97. The van der Waals surface area contributed by atoms with E-state index in [1.54, 1.807) is 12.1 Å². The van der Waals surface area contributed by atoms with E-state index in [1.807, 2.05) is 0 Å². The number of aliphatic hydroxyl groups excluding tert-OH is 1. The number of amides is 1. The molecule has 2 aliphatic rings. The third kappa shape index (κ3) is 4.01. The summed E-state index contributed by atoms with van der Waals surface area (Å²) in [6, 6.07) is 7.88. The largest absolute Gasteiger partial charge is 0.503 e. The number of nitrogens with zero attached hydrogens (tertiary/aromatic N) is 2. The van der Waals surface area contributed by atoms with Gasteiger partial charge in [-0.25, -0.2) is 4.39 Å². The van der Waals surface area contributed by atoms with Crippen LogP contribution in [0.15, 0.2) is 58.4 Å². The summed E-state index contributed by atoms with van der Waals surface area (Å²) in [4.78, 5) is 29.5. The van der Waals surface area contributed by atoms with Crippen molar-refractivity contribution in [2.24, 2.45) is 0 Å². The molecular weight excluding hydrogens is 391 g/mol. The zero-order valence-electron chi connectivity index (χ0n) is 16.4. The predicted octanol–water partition coefficient (Wildman–Crippen LogP) is 2.72. The second-order valence-electron chi connectivity index (χ2n) is 7.33. The van der Waals surface area contributed by atoms with Gasteiger partial charge in [0.2, 0.25) is 5.78 Å². The summed E-state index contributed by atoms with van der Waals surface area (Å²) in [7, 11) is 0. The van der Waals surface area contributed by atoms with Gasteiger partial charge in [-0.05, 0) is 36.2 Å². The van der Waals surface area contributed by atoms with Crippen molar-refractivity contribution >= 4 is 11.7 Å². The van der Waals surface area contributed by atoms with E-state index in [2.05, 4.69) is 4.90 Å². The molecule has 0 radical (unpaired) electrons. The second-order valence-corrected chi connectivity index (χ2v) is 7.33. The quantitative estimate of drug-likeness (QED) is 0.702. The van der Waals surface area contributed by atoms with E-state index in [0.717, 1.165) is 19.6 Å². The highest BCUT2D eigenvalue weighted by atomic mass is 19.1. The Morgan fingerprint density at radius 1 is 1.17 bits per heavy atom. The monoisotopic (exact) mass is 414 g/mol. The summed E-state index contributed by atoms with van der Waals surface area (Å²) >= 11 is 0. The molecule has 1 atom stereocenters. The standard InChI is InChI=1S/C22H23FN2O5/c23-16-5-1-4-15(14-16)19-18(20(26)17-6-2-11-30-17)21(27)22(28)25(19)8-3-7-24-9-12-29-13-10-24/h1-2,4-6,11,14,19,27H,3,7-10,12-13H2/t19-/m0/s1. The molecule has 1 aromatic heterocycles. The number of Topliss-reactive ketones (excluding diaryl/α,β-unsaturated/α-hetero) is 1. The van der Waals surface area contributed by atoms with Gasteiger partial charge in [0.1, 0.15) is 5.82 Å². The number of hydrogen-bond acceptors (Lipinski definition) is 6. The molecule has 3 heterocycles. The highest BCUT2D eigenvalue weighted by molar-refractivity contribution is 6.14. The summed E-state index contributed by atoms with van der Waals surface area (Å²) in [5.41, 5.74) is 0.334. The Kier molecular flexibility index (Phi) is 5.96. The molecule has 8 heteroatoms. The average molecular weight is 414 g/mol. The highest BCUT2D eigenvalue weighted by Gasteiger charge is 2.44. The molecule has 1 aromatic carbocycles. The van der Waals surface area contributed by atoms with Crippen molar-refractivity contribution in [2.75, 3.05) is 39.4 Å². The second kappa shape index (κ2) is 8.81. The first-order chi connectivity index (χ1) is 14.6. The van der Waals surface area contributed by atoms with Crippen molar-refractivity contribution in [3.8, 4) is 0 Å². The number of ketones is 1. The van der Waals surface area contributed by atoms with Crippen LogP contribution in [0.4, 0.5) is 4.39 Å². The van der Waals surface area contributed by atoms with Gasteiger partial charge in [0.25, 0.3) is 5.91 Å². The minimum absolute atomic E-state index is 0.0147. The van der Waals surface area contributed by atoms with E-state index in [9.17, 15) is 19.1 Å². The minimum Gasteiger partial charge on any atom is -0.503 e. The van der Waals surface area contributed by atoms with Crippen molar-refractivity contribution in [3.05, 3.63) is 71.1 Å². The Labute approximate surface area is 173 Å². The van der Waals surface area contributed by atoms with E-state index in [4.69, 9.17) is 9.15 Å². The van der Waals surface area contributed by atoms with Crippen molar-refractivity contribution in [1.29, 1.82) is 0 Å². The molecule has 4 rings (SSSR count). The van der Waals surface area contributed by atoms with Crippen molar-refractivity contribution in [3.63, 3.8) is 0 Å². The molecule has 1 amide bonds. The SMILES string of the molecule is O=C(C1=C(O)C(=O)N(CCCN2CCOCC2)[C@H]1c1cccc(F)c1)c1ccco1. The number of benzene rings is 1. The van der Waals surface area contributed by atoms with Crippen LogP contribution in [0.5, 0.6) is 0 Å². The number of morpholine rings is 1. The third-order valence-electron chi connectivity index (χ3n) is 5.43.